The predicted molar refractivity (Wildman–Crippen MR) is 68.8 cm³/mol. The molecule has 1 saturated heterocycles. The molecule has 0 saturated carbocycles. The van der Waals surface area contributed by atoms with Crippen molar-refractivity contribution in [2.75, 3.05) is 26.9 Å². The number of nitrogens with one attached hydrogen (secondary N) is 1. The third kappa shape index (κ3) is 3.75. The van der Waals surface area contributed by atoms with Crippen LogP contribution in [0.25, 0.3) is 0 Å². The number of methoxy groups -OCH3 is 1. The van der Waals surface area contributed by atoms with Gasteiger partial charge < -0.3 is 14.6 Å². The van der Waals surface area contributed by atoms with Gasteiger partial charge in [-0.05, 0) is 12.8 Å². The number of carbonyl (C=O) groups is 1. The van der Waals surface area contributed by atoms with Crippen LogP contribution in [0.5, 0.6) is 0 Å². The van der Waals surface area contributed by atoms with Gasteiger partial charge in [-0.15, -0.1) is 5.10 Å². The van der Waals surface area contributed by atoms with Gasteiger partial charge in [0, 0.05) is 13.2 Å². The van der Waals surface area contributed by atoms with Crippen molar-refractivity contribution in [3.63, 3.8) is 0 Å². The maximum absolute atomic E-state index is 11.8. The summed E-state index contributed by atoms with van der Waals surface area (Å²) in [5, 5.41) is 19.8. The van der Waals surface area contributed by atoms with E-state index in [-0.39, 0.29) is 12.7 Å². The molecule has 1 aromatic rings. The Hall–Kier alpha value is -1.51. The minimum atomic E-state index is -0.670. The highest BCUT2D eigenvalue weighted by atomic mass is 16.5. The van der Waals surface area contributed by atoms with Crippen LogP contribution in [0.1, 0.15) is 24.6 Å². The van der Waals surface area contributed by atoms with Crippen molar-refractivity contribution in [1.82, 2.24) is 20.3 Å². The number of rotatable bonds is 7. The van der Waals surface area contributed by atoms with Gasteiger partial charge in [-0.3, -0.25) is 5.32 Å². The van der Waals surface area contributed by atoms with E-state index < -0.39 is 12.0 Å². The highest BCUT2D eigenvalue weighted by Crippen LogP contribution is 2.15. The Kier molecular flexibility index (Phi) is 5.45. The summed E-state index contributed by atoms with van der Waals surface area (Å²) in [6.45, 7) is 1.64. The van der Waals surface area contributed by atoms with Crippen LogP contribution in [-0.2, 0) is 20.8 Å². The molecule has 1 fully saturated rings. The maximum Gasteiger partial charge on any atom is 0.329 e. The number of aliphatic hydroxyl groups is 1. The van der Waals surface area contributed by atoms with E-state index in [9.17, 15) is 4.79 Å². The molecular formula is C12H20N4O4. The van der Waals surface area contributed by atoms with Gasteiger partial charge in [0.05, 0.1) is 32.6 Å². The Morgan fingerprint density at radius 2 is 2.60 bits per heavy atom. The topological polar surface area (TPSA) is 98.5 Å². The molecule has 20 heavy (non-hydrogen) atoms. The molecule has 0 aromatic carbocycles. The van der Waals surface area contributed by atoms with E-state index in [1.54, 1.807) is 6.20 Å². The quantitative estimate of drug-likeness (QED) is 0.636. The van der Waals surface area contributed by atoms with Gasteiger partial charge in [0.1, 0.15) is 5.69 Å². The highest BCUT2D eigenvalue weighted by Gasteiger charge is 2.26. The van der Waals surface area contributed by atoms with Gasteiger partial charge >= 0.3 is 5.97 Å². The van der Waals surface area contributed by atoms with Crippen LogP contribution in [0, 0.1) is 0 Å². The fraction of sp³-hybridized carbons (Fsp3) is 0.750. The number of aromatic nitrogens is 3. The first-order chi connectivity index (χ1) is 9.74. The molecule has 0 amide bonds. The van der Waals surface area contributed by atoms with Gasteiger partial charge in [-0.2, -0.15) is 0 Å². The van der Waals surface area contributed by atoms with Crippen LogP contribution in [0.2, 0.25) is 0 Å². The summed E-state index contributed by atoms with van der Waals surface area (Å²) in [4.78, 5) is 11.8. The van der Waals surface area contributed by atoms with Crippen LogP contribution in [0.15, 0.2) is 6.20 Å². The SMILES string of the molecule is COC(=O)C(NCC1CCCO1)c1cn(CCO)nn1. The molecule has 1 aliphatic heterocycles. The molecule has 8 heteroatoms. The second-order valence-electron chi connectivity index (χ2n) is 4.63. The second-order valence-corrected chi connectivity index (χ2v) is 4.63. The minimum absolute atomic E-state index is 0.0327. The molecule has 1 aliphatic rings. The number of hydrogen-bond donors (Lipinski definition) is 2. The third-order valence-corrected chi connectivity index (χ3v) is 3.19. The zero-order valence-electron chi connectivity index (χ0n) is 11.5. The van der Waals surface area contributed by atoms with E-state index in [1.165, 1.54) is 11.8 Å². The van der Waals surface area contributed by atoms with Crippen molar-refractivity contribution in [2.24, 2.45) is 0 Å². The number of hydrogen-bond acceptors (Lipinski definition) is 7. The Bertz CT molecular complexity index is 431. The van der Waals surface area contributed by atoms with Crippen molar-refractivity contribution < 1.29 is 19.4 Å². The number of ether oxygens (including phenoxy) is 2. The smallest absolute Gasteiger partial charge is 0.329 e. The summed E-state index contributed by atoms with van der Waals surface area (Å²) in [7, 11) is 1.33. The van der Waals surface area contributed by atoms with E-state index in [1.807, 2.05) is 0 Å². The lowest BCUT2D eigenvalue weighted by Gasteiger charge is -2.16. The summed E-state index contributed by atoms with van der Waals surface area (Å²) in [5.41, 5.74) is 0.475. The Labute approximate surface area is 117 Å². The van der Waals surface area contributed by atoms with Crippen molar-refractivity contribution >= 4 is 5.97 Å². The van der Waals surface area contributed by atoms with Crippen LogP contribution < -0.4 is 5.32 Å². The maximum atomic E-state index is 11.8. The normalized spacial score (nSPS) is 20.0. The lowest BCUT2D eigenvalue weighted by Crippen LogP contribution is -2.35. The molecule has 2 rings (SSSR count). The predicted octanol–water partition coefficient (Wildman–Crippen LogP) is -0.747. The lowest BCUT2D eigenvalue weighted by atomic mass is 10.2. The molecular weight excluding hydrogens is 264 g/mol. The molecule has 2 heterocycles. The fourth-order valence-electron chi connectivity index (χ4n) is 2.14. The third-order valence-electron chi connectivity index (χ3n) is 3.19. The molecule has 2 unspecified atom stereocenters. The molecule has 8 nitrogen and oxygen atoms in total. The second kappa shape index (κ2) is 7.32. The van der Waals surface area contributed by atoms with Crippen LogP contribution >= 0.6 is 0 Å². The first-order valence-corrected chi connectivity index (χ1v) is 6.68. The van der Waals surface area contributed by atoms with Crippen molar-refractivity contribution in [3.05, 3.63) is 11.9 Å². The molecule has 2 N–H and O–H groups in total. The van der Waals surface area contributed by atoms with Crippen molar-refractivity contribution in [1.29, 1.82) is 0 Å². The molecule has 0 bridgehead atoms. The average Bonchev–Trinajstić information content (AvgIpc) is 3.11. The van der Waals surface area contributed by atoms with Crippen molar-refractivity contribution in [2.45, 2.75) is 31.5 Å². The first kappa shape index (κ1) is 14.9. The van der Waals surface area contributed by atoms with Gasteiger partial charge in [-0.1, -0.05) is 5.21 Å². The van der Waals surface area contributed by atoms with Gasteiger partial charge in [0.2, 0.25) is 0 Å². The Morgan fingerprint density at radius 1 is 1.75 bits per heavy atom. The standard InChI is InChI=1S/C12H20N4O4/c1-19-12(18)11(13-7-9-3-2-6-20-9)10-8-16(4-5-17)15-14-10/h8-9,11,13,17H,2-7H2,1H3. The van der Waals surface area contributed by atoms with Crippen LogP contribution in [0.3, 0.4) is 0 Å². The summed E-state index contributed by atoms with van der Waals surface area (Å²) in [5.74, 6) is -0.418. The highest BCUT2D eigenvalue weighted by molar-refractivity contribution is 5.76. The molecule has 112 valence electrons. The van der Waals surface area contributed by atoms with E-state index in [0.717, 1.165) is 19.4 Å². The van der Waals surface area contributed by atoms with E-state index in [4.69, 9.17) is 14.6 Å². The number of carbonyl (C=O) groups excluding carboxylic acids is 1. The molecule has 2 atom stereocenters. The van der Waals surface area contributed by atoms with Crippen LogP contribution in [-0.4, -0.2) is 59.0 Å². The van der Waals surface area contributed by atoms with Crippen molar-refractivity contribution in [3.8, 4) is 0 Å². The van der Waals surface area contributed by atoms with Gasteiger partial charge in [-0.25, -0.2) is 9.48 Å². The van der Waals surface area contributed by atoms with E-state index in [0.29, 0.717) is 18.8 Å². The number of aliphatic hydroxyl groups excluding tert-OH is 1. The largest absolute Gasteiger partial charge is 0.468 e. The first-order valence-electron chi connectivity index (χ1n) is 6.68. The average molecular weight is 284 g/mol. The summed E-state index contributed by atoms with van der Waals surface area (Å²) in [6, 6.07) is -0.670. The van der Waals surface area contributed by atoms with E-state index in [2.05, 4.69) is 15.6 Å². The van der Waals surface area contributed by atoms with Crippen LogP contribution in [0.4, 0.5) is 0 Å². The Balaban J connectivity index is 1.99. The zero-order valence-corrected chi connectivity index (χ0v) is 11.5. The Morgan fingerprint density at radius 3 is 3.25 bits per heavy atom. The van der Waals surface area contributed by atoms with Gasteiger partial charge in [0.15, 0.2) is 6.04 Å². The monoisotopic (exact) mass is 284 g/mol. The number of nitrogens with zero attached hydrogens (tertiary/aromatic N) is 3. The lowest BCUT2D eigenvalue weighted by molar-refractivity contribution is -0.143. The zero-order chi connectivity index (χ0) is 14.4. The summed E-state index contributed by atoms with van der Waals surface area (Å²) < 4.78 is 11.8. The molecule has 0 aliphatic carbocycles. The molecule has 0 spiro atoms. The summed E-state index contributed by atoms with van der Waals surface area (Å²) in [6.07, 6.45) is 3.77. The fourth-order valence-corrected chi connectivity index (χ4v) is 2.14. The molecule has 1 aromatic heterocycles. The summed E-state index contributed by atoms with van der Waals surface area (Å²) >= 11 is 0. The molecule has 0 radical (unpaired) electrons. The number of esters is 1. The van der Waals surface area contributed by atoms with Gasteiger partial charge in [0.25, 0.3) is 0 Å². The van der Waals surface area contributed by atoms with E-state index >= 15 is 0 Å². The minimum Gasteiger partial charge on any atom is -0.468 e.